The highest BCUT2D eigenvalue weighted by Crippen LogP contribution is 2.32. The zero-order valence-electron chi connectivity index (χ0n) is 12.2. The molecule has 112 valence electrons. The number of hydrogen-bond donors (Lipinski definition) is 2. The Bertz CT molecular complexity index is 623. The predicted molar refractivity (Wildman–Crippen MR) is 78.5 cm³/mol. The van der Waals surface area contributed by atoms with Gasteiger partial charge in [0.05, 0.1) is 32.1 Å². The molecule has 3 N–H and O–H groups in total. The molecule has 1 aromatic carbocycles. The highest BCUT2D eigenvalue weighted by molar-refractivity contribution is 6.00. The second-order valence-electron chi connectivity index (χ2n) is 4.51. The molecule has 6 heteroatoms. The molecule has 21 heavy (non-hydrogen) atoms. The third kappa shape index (κ3) is 3.10. The SMILES string of the molecule is COc1cc(N)c(C(=O)NC(C)c2ccco2)cc1OC. The number of methoxy groups -OCH3 is 2. The Morgan fingerprint density at radius 3 is 2.52 bits per heavy atom. The van der Waals surface area contributed by atoms with Crippen molar-refractivity contribution >= 4 is 11.6 Å². The molecule has 2 aromatic rings. The monoisotopic (exact) mass is 290 g/mol. The zero-order chi connectivity index (χ0) is 15.4. The standard InChI is InChI=1S/C15H18N2O4/c1-9(12-5-4-6-21-12)17-15(18)10-7-13(19-2)14(20-3)8-11(10)16/h4-9H,16H2,1-3H3,(H,17,18). The number of rotatable bonds is 5. The molecule has 0 aliphatic heterocycles. The number of carbonyl (C=O) groups is 1. The van der Waals surface area contributed by atoms with E-state index in [1.165, 1.54) is 14.2 Å². The Hall–Kier alpha value is -2.63. The van der Waals surface area contributed by atoms with Crippen molar-refractivity contribution in [3.05, 3.63) is 41.9 Å². The van der Waals surface area contributed by atoms with Crippen LogP contribution in [0.3, 0.4) is 0 Å². The van der Waals surface area contributed by atoms with Gasteiger partial charge in [-0.25, -0.2) is 0 Å². The van der Waals surface area contributed by atoms with Crippen LogP contribution in [0.1, 0.15) is 29.1 Å². The van der Waals surface area contributed by atoms with E-state index in [1.54, 1.807) is 30.5 Å². The molecular formula is C15H18N2O4. The van der Waals surface area contributed by atoms with E-state index in [0.717, 1.165) is 0 Å². The van der Waals surface area contributed by atoms with E-state index in [0.29, 0.717) is 28.5 Å². The lowest BCUT2D eigenvalue weighted by Gasteiger charge is -2.15. The van der Waals surface area contributed by atoms with Gasteiger partial charge in [-0.05, 0) is 25.1 Å². The average molecular weight is 290 g/mol. The van der Waals surface area contributed by atoms with Crippen LogP contribution in [-0.4, -0.2) is 20.1 Å². The summed E-state index contributed by atoms with van der Waals surface area (Å²) in [6, 6.07) is 6.41. The highest BCUT2D eigenvalue weighted by Gasteiger charge is 2.18. The number of nitrogens with one attached hydrogen (secondary N) is 1. The van der Waals surface area contributed by atoms with Gasteiger partial charge in [0.2, 0.25) is 0 Å². The van der Waals surface area contributed by atoms with Crippen LogP contribution in [0.2, 0.25) is 0 Å². The summed E-state index contributed by atoms with van der Waals surface area (Å²) in [6.45, 7) is 1.83. The summed E-state index contributed by atoms with van der Waals surface area (Å²) in [6.07, 6.45) is 1.56. The maximum atomic E-state index is 12.3. The van der Waals surface area contributed by atoms with Gasteiger partial charge >= 0.3 is 0 Å². The number of nitrogens with two attached hydrogens (primary N) is 1. The summed E-state index contributed by atoms with van der Waals surface area (Å²) in [5, 5.41) is 2.82. The van der Waals surface area contributed by atoms with Crippen LogP contribution in [0.15, 0.2) is 34.9 Å². The van der Waals surface area contributed by atoms with Gasteiger partial charge in [-0.15, -0.1) is 0 Å². The van der Waals surface area contributed by atoms with Crippen LogP contribution < -0.4 is 20.5 Å². The van der Waals surface area contributed by atoms with Crippen LogP contribution in [-0.2, 0) is 0 Å². The number of nitrogen functional groups attached to an aromatic ring is 1. The molecule has 1 heterocycles. The highest BCUT2D eigenvalue weighted by atomic mass is 16.5. The van der Waals surface area contributed by atoms with E-state index >= 15 is 0 Å². The molecule has 1 amide bonds. The summed E-state index contributed by atoms with van der Waals surface area (Å²) in [7, 11) is 3.01. The van der Waals surface area contributed by atoms with Crippen molar-refractivity contribution in [3.8, 4) is 11.5 Å². The lowest BCUT2D eigenvalue weighted by Crippen LogP contribution is -2.27. The summed E-state index contributed by atoms with van der Waals surface area (Å²) in [4.78, 5) is 12.3. The Balaban J connectivity index is 2.23. The molecule has 0 aliphatic carbocycles. The maximum absolute atomic E-state index is 12.3. The van der Waals surface area contributed by atoms with Gasteiger partial charge in [0.1, 0.15) is 5.76 Å². The Morgan fingerprint density at radius 2 is 1.95 bits per heavy atom. The number of carbonyl (C=O) groups excluding carboxylic acids is 1. The fourth-order valence-electron chi connectivity index (χ4n) is 1.97. The molecule has 0 saturated heterocycles. The molecule has 0 fully saturated rings. The van der Waals surface area contributed by atoms with E-state index < -0.39 is 0 Å². The van der Waals surface area contributed by atoms with Crippen molar-refractivity contribution in [3.63, 3.8) is 0 Å². The fourth-order valence-corrected chi connectivity index (χ4v) is 1.97. The molecule has 0 bridgehead atoms. The van der Waals surface area contributed by atoms with Gasteiger partial charge in [0.25, 0.3) is 5.91 Å². The Kier molecular flexibility index (Phi) is 4.37. The summed E-state index contributed by atoms with van der Waals surface area (Å²) >= 11 is 0. The van der Waals surface area contributed by atoms with Crippen LogP contribution in [0.4, 0.5) is 5.69 Å². The van der Waals surface area contributed by atoms with Crippen molar-refractivity contribution in [2.45, 2.75) is 13.0 Å². The maximum Gasteiger partial charge on any atom is 0.254 e. The summed E-state index contributed by atoms with van der Waals surface area (Å²) in [5.74, 6) is 1.29. The number of anilines is 1. The zero-order valence-corrected chi connectivity index (χ0v) is 12.2. The third-order valence-corrected chi connectivity index (χ3v) is 3.12. The molecule has 1 aromatic heterocycles. The number of hydrogen-bond acceptors (Lipinski definition) is 5. The Morgan fingerprint density at radius 1 is 1.29 bits per heavy atom. The van der Waals surface area contributed by atoms with Crippen molar-refractivity contribution in [1.82, 2.24) is 5.32 Å². The molecule has 1 unspecified atom stereocenters. The molecule has 0 aliphatic rings. The first-order valence-electron chi connectivity index (χ1n) is 6.42. The molecule has 0 radical (unpaired) electrons. The van der Waals surface area contributed by atoms with E-state index in [-0.39, 0.29) is 11.9 Å². The predicted octanol–water partition coefficient (Wildman–Crippen LogP) is 2.37. The van der Waals surface area contributed by atoms with Gasteiger partial charge in [-0.3, -0.25) is 4.79 Å². The topological polar surface area (TPSA) is 86.7 Å². The molecule has 6 nitrogen and oxygen atoms in total. The van der Waals surface area contributed by atoms with Crippen LogP contribution in [0.25, 0.3) is 0 Å². The van der Waals surface area contributed by atoms with Crippen molar-refractivity contribution < 1.29 is 18.7 Å². The minimum atomic E-state index is -0.308. The first-order valence-corrected chi connectivity index (χ1v) is 6.42. The number of amides is 1. The third-order valence-electron chi connectivity index (χ3n) is 3.12. The van der Waals surface area contributed by atoms with Gasteiger partial charge in [-0.1, -0.05) is 0 Å². The van der Waals surface area contributed by atoms with Crippen LogP contribution in [0.5, 0.6) is 11.5 Å². The van der Waals surface area contributed by atoms with Gasteiger partial charge < -0.3 is 24.9 Å². The number of ether oxygens (including phenoxy) is 2. The molecule has 2 rings (SSSR count). The van der Waals surface area contributed by atoms with Crippen molar-refractivity contribution in [2.24, 2.45) is 0 Å². The molecule has 1 atom stereocenters. The normalized spacial score (nSPS) is 11.8. The smallest absolute Gasteiger partial charge is 0.254 e. The second kappa shape index (κ2) is 6.21. The van der Waals surface area contributed by atoms with Gasteiger partial charge in [0.15, 0.2) is 11.5 Å². The van der Waals surface area contributed by atoms with E-state index in [1.807, 2.05) is 6.92 Å². The van der Waals surface area contributed by atoms with Crippen LogP contribution >= 0.6 is 0 Å². The van der Waals surface area contributed by atoms with E-state index in [4.69, 9.17) is 19.6 Å². The van der Waals surface area contributed by atoms with Gasteiger partial charge in [0, 0.05) is 11.8 Å². The summed E-state index contributed by atoms with van der Waals surface area (Å²) in [5.41, 5.74) is 6.54. The molecular weight excluding hydrogens is 272 g/mol. The van der Waals surface area contributed by atoms with Crippen molar-refractivity contribution in [1.29, 1.82) is 0 Å². The van der Waals surface area contributed by atoms with Gasteiger partial charge in [-0.2, -0.15) is 0 Å². The Labute approximate surface area is 122 Å². The first kappa shape index (κ1) is 14.8. The largest absolute Gasteiger partial charge is 0.493 e. The summed E-state index contributed by atoms with van der Waals surface area (Å²) < 4.78 is 15.6. The van der Waals surface area contributed by atoms with E-state index in [2.05, 4.69) is 5.32 Å². The molecule has 0 spiro atoms. The lowest BCUT2D eigenvalue weighted by molar-refractivity contribution is 0.0936. The van der Waals surface area contributed by atoms with Crippen molar-refractivity contribution in [2.75, 3.05) is 20.0 Å². The first-order chi connectivity index (χ1) is 10.1. The molecule has 0 saturated carbocycles. The number of benzene rings is 1. The average Bonchev–Trinajstić information content (AvgIpc) is 3.00. The quantitative estimate of drug-likeness (QED) is 0.825. The minimum Gasteiger partial charge on any atom is -0.493 e. The lowest BCUT2D eigenvalue weighted by atomic mass is 10.1. The van der Waals surface area contributed by atoms with Crippen LogP contribution in [0, 0.1) is 0 Å². The minimum absolute atomic E-state index is 0.264. The number of furan rings is 1. The fraction of sp³-hybridized carbons (Fsp3) is 0.267. The second-order valence-corrected chi connectivity index (χ2v) is 4.51. The van der Waals surface area contributed by atoms with E-state index in [9.17, 15) is 4.79 Å².